The highest BCUT2D eigenvalue weighted by Gasteiger charge is 2.12. The zero-order valence-electron chi connectivity index (χ0n) is 7.10. The summed E-state index contributed by atoms with van der Waals surface area (Å²) in [4.78, 5) is 10.4. The fourth-order valence-electron chi connectivity index (χ4n) is 1.04. The van der Waals surface area contributed by atoms with Gasteiger partial charge in [-0.05, 0) is 6.42 Å². The van der Waals surface area contributed by atoms with Crippen molar-refractivity contribution >= 4 is 19.3 Å². The SMILES string of the molecule is [B]c1ccccc1C[C@H](N)C(=O)O. The third-order valence-corrected chi connectivity index (χ3v) is 1.81. The molecule has 1 aromatic rings. The van der Waals surface area contributed by atoms with Crippen LogP contribution in [0.1, 0.15) is 5.56 Å². The highest BCUT2D eigenvalue weighted by atomic mass is 16.4. The third-order valence-electron chi connectivity index (χ3n) is 1.81. The van der Waals surface area contributed by atoms with E-state index in [-0.39, 0.29) is 6.42 Å². The highest BCUT2D eigenvalue weighted by molar-refractivity contribution is 6.33. The van der Waals surface area contributed by atoms with Gasteiger partial charge in [0.2, 0.25) is 0 Å². The Labute approximate surface area is 78.0 Å². The molecule has 0 aliphatic carbocycles. The van der Waals surface area contributed by atoms with Crippen molar-refractivity contribution in [3.8, 4) is 0 Å². The molecule has 0 aliphatic rings. The van der Waals surface area contributed by atoms with Crippen molar-refractivity contribution in [2.24, 2.45) is 5.73 Å². The van der Waals surface area contributed by atoms with E-state index >= 15 is 0 Å². The van der Waals surface area contributed by atoms with Gasteiger partial charge in [0.05, 0.1) is 0 Å². The van der Waals surface area contributed by atoms with Gasteiger partial charge in [0.25, 0.3) is 0 Å². The summed E-state index contributed by atoms with van der Waals surface area (Å²) in [7, 11) is 5.62. The zero-order valence-corrected chi connectivity index (χ0v) is 7.10. The van der Waals surface area contributed by atoms with Crippen LogP contribution < -0.4 is 11.2 Å². The molecule has 0 amide bonds. The van der Waals surface area contributed by atoms with Crippen LogP contribution in [-0.2, 0) is 11.2 Å². The molecule has 3 nitrogen and oxygen atoms in total. The molecule has 1 atom stereocenters. The van der Waals surface area contributed by atoms with Crippen molar-refractivity contribution in [3.63, 3.8) is 0 Å². The van der Waals surface area contributed by atoms with Gasteiger partial charge in [0.1, 0.15) is 13.9 Å². The summed E-state index contributed by atoms with van der Waals surface area (Å²) in [5.41, 5.74) is 6.72. The highest BCUT2D eigenvalue weighted by Crippen LogP contribution is 1.98. The van der Waals surface area contributed by atoms with Crippen LogP contribution in [0.5, 0.6) is 0 Å². The van der Waals surface area contributed by atoms with Crippen LogP contribution in [0.25, 0.3) is 0 Å². The molecule has 0 heterocycles. The summed E-state index contributed by atoms with van der Waals surface area (Å²) in [5.74, 6) is -1.01. The first-order valence-corrected chi connectivity index (χ1v) is 3.93. The van der Waals surface area contributed by atoms with Gasteiger partial charge in [-0.25, -0.2) is 0 Å². The normalized spacial score (nSPS) is 12.4. The molecule has 3 N–H and O–H groups in total. The lowest BCUT2D eigenvalue weighted by Crippen LogP contribution is -2.33. The second-order valence-corrected chi connectivity index (χ2v) is 2.85. The van der Waals surface area contributed by atoms with Crippen molar-refractivity contribution in [1.29, 1.82) is 0 Å². The Morgan fingerprint density at radius 2 is 2.15 bits per heavy atom. The second-order valence-electron chi connectivity index (χ2n) is 2.85. The number of rotatable bonds is 3. The number of carbonyl (C=O) groups is 1. The van der Waals surface area contributed by atoms with Gasteiger partial charge in [0.15, 0.2) is 0 Å². The second kappa shape index (κ2) is 4.09. The average molecular weight is 175 g/mol. The number of aliphatic carboxylic acids is 1. The van der Waals surface area contributed by atoms with Crippen molar-refractivity contribution in [3.05, 3.63) is 29.8 Å². The molecular formula is C9H10BNO2. The van der Waals surface area contributed by atoms with Gasteiger partial charge in [0, 0.05) is 0 Å². The van der Waals surface area contributed by atoms with Crippen LogP contribution in [0, 0.1) is 0 Å². The third kappa shape index (κ3) is 2.59. The summed E-state index contributed by atoms with van der Waals surface area (Å²) >= 11 is 0. The van der Waals surface area contributed by atoms with Gasteiger partial charge in [-0.1, -0.05) is 35.3 Å². The van der Waals surface area contributed by atoms with E-state index in [1.165, 1.54) is 0 Å². The summed E-state index contributed by atoms with van der Waals surface area (Å²) in [6.07, 6.45) is 0.266. The van der Waals surface area contributed by atoms with E-state index in [2.05, 4.69) is 0 Å². The van der Waals surface area contributed by atoms with E-state index in [1.807, 2.05) is 0 Å². The maximum Gasteiger partial charge on any atom is 0.320 e. The van der Waals surface area contributed by atoms with Crippen LogP contribution in [0.4, 0.5) is 0 Å². The lowest BCUT2D eigenvalue weighted by Gasteiger charge is -2.08. The number of nitrogens with two attached hydrogens (primary N) is 1. The standard InChI is InChI=1S/C9H10BNO2/c10-7-4-2-1-3-6(7)5-8(11)9(12)13/h1-4,8H,5,11H2,(H,12,13)/t8-/m0/s1. The minimum absolute atomic E-state index is 0.266. The van der Waals surface area contributed by atoms with Gasteiger partial charge in [-0.3, -0.25) is 4.79 Å². The molecule has 66 valence electrons. The zero-order chi connectivity index (χ0) is 9.84. The lowest BCUT2D eigenvalue weighted by atomic mass is 9.88. The topological polar surface area (TPSA) is 63.3 Å². The van der Waals surface area contributed by atoms with Crippen molar-refractivity contribution < 1.29 is 9.90 Å². The number of hydrogen-bond acceptors (Lipinski definition) is 2. The quantitative estimate of drug-likeness (QED) is 0.605. The molecule has 0 spiro atoms. The van der Waals surface area contributed by atoms with Crippen LogP contribution in [-0.4, -0.2) is 25.0 Å². The van der Waals surface area contributed by atoms with Crippen LogP contribution >= 0.6 is 0 Å². The predicted octanol–water partition coefficient (Wildman–Crippen LogP) is -0.565. The van der Waals surface area contributed by atoms with Crippen LogP contribution in [0.3, 0.4) is 0 Å². The Bertz CT molecular complexity index is 314. The summed E-state index contributed by atoms with van der Waals surface area (Å²) in [5, 5.41) is 8.57. The Balaban J connectivity index is 2.74. The van der Waals surface area contributed by atoms with Gasteiger partial charge in [-0.2, -0.15) is 0 Å². The van der Waals surface area contributed by atoms with Crippen molar-refractivity contribution in [2.75, 3.05) is 0 Å². The molecule has 0 saturated heterocycles. The molecular weight excluding hydrogens is 165 g/mol. The molecule has 13 heavy (non-hydrogen) atoms. The van der Waals surface area contributed by atoms with Crippen LogP contribution in [0.15, 0.2) is 24.3 Å². The summed E-state index contributed by atoms with van der Waals surface area (Å²) < 4.78 is 0. The van der Waals surface area contributed by atoms with E-state index in [1.54, 1.807) is 24.3 Å². The Morgan fingerprint density at radius 3 is 2.69 bits per heavy atom. The summed E-state index contributed by atoms with van der Waals surface area (Å²) in [6.45, 7) is 0. The molecule has 0 unspecified atom stereocenters. The first kappa shape index (κ1) is 9.80. The van der Waals surface area contributed by atoms with E-state index in [4.69, 9.17) is 18.7 Å². The van der Waals surface area contributed by atoms with Crippen LogP contribution in [0.2, 0.25) is 0 Å². The Hall–Kier alpha value is -1.29. The average Bonchev–Trinajstić information content (AvgIpc) is 2.08. The first-order chi connectivity index (χ1) is 6.11. The van der Waals surface area contributed by atoms with Gasteiger partial charge in [-0.15, -0.1) is 0 Å². The largest absolute Gasteiger partial charge is 0.480 e. The number of benzene rings is 1. The molecule has 0 saturated carbocycles. The van der Waals surface area contributed by atoms with Gasteiger partial charge >= 0.3 is 5.97 Å². The fourth-order valence-corrected chi connectivity index (χ4v) is 1.04. The van der Waals surface area contributed by atoms with Gasteiger partial charge < -0.3 is 10.8 Å². The summed E-state index contributed by atoms with van der Waals surface area (Å²) in [6, 6.07) is 6.22. The predicted molar refractivity (Wildman–Crippen MR) is 51.1 cm³/mol. The number of carboxylic acids is 1. The Morgan fingerprint density at radius 1 is 1.54 bits per heavy atom. The molecule has 0 aromatic heterocycles. The van der Waals surface area contributed by atoms with E-state index in [9.17, 15) is 4.79 Å². The Kier molecular flexibility index (Phi) is 3.09. The molecule has 2 radical (unpaired) electrons. The van der Waals surface area contributed by atoms with E-state index in [0.29, 0.717) is 5.46 Å². The fraction of sp³-hybridized carbons (Fsp3) is 0.222. The number of hydrogen-bond donors (Lipinski definition) is 2. The smallest absolute Gasteiger partial charge is 0.320 e. The lowest BCUT2D eigenvalue weighted by molar-refractivity contribution is -0.138. The molecule has 0 fully saturated rings. The number of carboxylic acid groups (broad SMARTS) is 1. The van der Waals surface area contributed by atoms with Crippen molar-refractivity contribution in [2.45, 2.75) is 12.5 Å². The molecule has 4 heteroatoms. The maximum atomic E-state index is 10.4. The van der Waals surface area contributed by atoms with Crippen molar-refractivity contribution in [1.82, 2.24) is 0 Å². The van der Waals surface area contributed by atoms with E-state index < -0.39 is 12.0 Å². The minimum atomic E-state index is -1.01. The monoisotopic (exact) mass is 175 g/mol. The molecule has 1 aromatic carbocycles. The molecule has 0 aliphatic heterocycles. The van der Waals surface area contributed by atoms with E-state index in [0.717, 1.165) is 5.56 Å². The molecule has 0 bridgehead atoms. The molecule has 1 rings (SSSR count). The first-order valence-electron chi connectivity index (χ1n) is 3.93. The maximum absolute atomic E-state index is 10.4. The minimum Gasteiger partial charge on any atom is -0.480 e.